The highest BCUT2D eigenvalue weighted by molar-refractivity contribution is 7.80. The summed E-state index contributed by atoms with van der Waals surface area (Å²) in [4.78, 5) is 2.20. The van der Waals surface area contributed by atoms with E-state index >= 15 is 0 Å². The number of hydrogen-bond donors (Lipinski definition) is 0. The first-order valence-corrected chi connectivity index (χ1v) is 6.71. The quantitative estimate of drug-likeness (QED) is 0.673. The van der Waals surface area contributed by atoms with Gasteiger partial charge < -0.3 is 14.4 Å². The summed E-state index contributed by atoms with van der Waals surface area (Å²) >= 11 is 5.36. The van der Waals surface area contributed by atoms with Gasteiger partial charge in [-0.05, 0) is 52.8 Å². The fraction of sp³-hybridized carbons (Fsp3) is 0.923. The number of nitrogens with zero attached hydrogens (tertiary/aromatic N) is 1. The first-order valence-electron chi connectivity index (χ1n) is 6.30. The van der Waals surface area contributed by atoms with Gasteiger partial charge in [0.25, 0.3) is 5.17 Å². The first-order chi connectivity index (χ1) is 7.77. The van der Waals surface area contributed by atoms with Crippen molar-refractivity contribution >= 4 is 17.4 Å². The van der Waals surface area contributed by atoms with Crippen LogP contribution >= 0.6 is 12.2 Å². The highest BCUT2D eigenvalue weighted by atomic mass is 32.1. The topological polar surface area (TPSA) is 21.7 Å². The molecule has 2 fully saturated rings. The van der Waals surface area contributed by atoms with Gasteiger partial charge >= 0.3 is 0 Å². The molecule has 0 radical (unpaired) electrons. The molecule has 98 valence electrons. The molecule has 0 unspecified atom stereocenters. The molecule has 0 bridgehead atoms. The van der Waals surface area contributed by atoms with Gasteiger partial charge in [0.15, 0.2) is 0 Å². The van der Waals surface area contributed by atoms with E-state index in [1.54, 1.807) is 7.11 Å². The summed E-state index contributed by atoms with van der Waals surface area (Å²) in [5, 5.41) is 0.650. The molecule has 4 heteroatoms. The van der Waals surface area contributed by atoms with Crippen molar-refractivity contribution in [2.75, 3.05) is 13.7 Å². The second-order valence-electron chi connectivity index (χ2n) is 6.41. The van der Waals surface area contributed by atoms with Crippen molar-refractivity contribution in [1.29, 1.82) is 0 Å². The Morgan fingerprint density at radius 2 is 1.94 bits per heavy atom. The minimum absolute atomic E-state index is 0.200. The normalized spacial score (nSPS) is 36.4. The van der Waals surface area contributed by atoms with Gasteiger partial charge in [0.2, 0.25) is 0 Å². The third-order valence-electron chi connectivity index (χ3n) is 4.07. The average molecular weight is 257 g/mol. The molecule has 1 heterocycles. The van der Waals surface area contributed by atoms with Crippen molar-refractivity contribution in [3.05, 3.63) is 0 Å². The van der Waals surface area contributed by atoms with E-state index in [1.807, 2.05) is 20.8 Å². The number of methoxy groups -OCH3 is 1. The molecule has 0 N–H and O–H groups in total. The van der Waals surface area contributed by atoms with Crippen LogP contribution in [0.4, 0.5) is 0 Å². The summed E-state index contributed by atoms with van der Waals surface area (Å²) in [5.41, 5.74) is 0.236. The summed E-state index contributed by atoms with van der Waals surface area (Å²) in [6.07, 6.45) is 2.79. The standard InChI is InChI=1S/C13H23NO2S/c1-9-13(6-10(7-13)15-5)8-14(9)11(17)16-12(2,3)4/h9-10H,6-8H2,1-5H3/t9-,10?,13?/m1/s1. The van der Waals surface area contributed by atoms with Gasteiger partial charge in [-0.15, -0.1) is 0 Å². The molecule has 1 aliphatic carbocycles. The Balaban J connectivity index is 1.86. The molecular weight excluding hydrogens is 234 g/mol. The van der Waals surface area contributed by atoms with Crippen LogP contribution in [0.1, 0.15) is 40.5 Å². The van der Waals surface area contributed by atoms with Gasteiger partial charge in [0.05, 0.1) is 6.10 Å². The summed E-state index contributed by atoms with van der Waals surface area (Å²) in [7, 11) is 1.80. The van der Waals surface area contributed by atoms with Crippen molar-refractivity contribution in [2.45, 2.75) is 58.3 Å². The van der Waals surface area contributed by atoms with Crippen LogP contribution < -0.4 is 0 Å². The van der Waals surface area contributed by atoms with Crippen LogP contribution in [0.15, 0.2) is 0 Å². The Hall–Kier alpha value is -0.350. The molecule has 0 amide bonds. The average Bonchev–Trinajstić information content (AvgIpc) is 2.11. The minimum Gasteiger partial charge on any atom is -0.465 e. The van der Waals surface area contributed by atoms with E-state index in [9.17, 15) is 0 Å². The van der Waals surface area contributed by atoms with Crippen molar-refractivity contribution in [3.63, 3.8) is 0 Å². The van der Waals surface area contributed by atoms with E-state index in [2.05, 4.69) is 11.8 Å². The molecule has 0 aromatic heterocycles. The maximum absolute atomic E-state index is 5.75. The molecule has 1 atom stereocenters. The van der Waals surface area contributed by atoms with Crippen LogP contribution in [0.3, 0.4) is 0 Å². The van der Waals surface area contributed by atoms with Gasteiger partial charge in [-0.2, -0.15) is 0 Å². The zero-order chi connectivity index (χ0) is 12.8. The molecule has 2 rings (SSSR count). The Labute approximate surface area is 109 Å². The van der Waals surface area contributed by atoms with E-state index < -0.39 is 0 Å². The maximum Gasteiger partial charge on any atom is 0.260 e. The van der Waals surface area contributed by atoms with Crippen molar-refractivity contribution < 1.29 is 9.47 Å². The van der Waals surface area contributed by atoms with Crippen LogP contribution in [0.5, 0.6) is 0 Å². The highest BCUT2D eigenvalue weighted by Crippen LogP contribution is 2.54. The molecule has 0 aromatic rings. The zero-order valence-electron chi connectivity index (χ0n) is 11.4. The summed E-state index contributed by atoms with van der Waals surface area (Å²) < 4.78 is 11.1. The lowest BCUT2D eigenvalue weighted by molar-refractivity contribution is -0.159. The maximum atomic E-state index is 5.75. The van der Waals surface area contributed by atoms with E-state index in [1.165, 1.54) is 12.8 Å². The van der Waals surface area contributed by atoms with Gasteiger partial charge in [-0.1, -0.05) is 0 Å². The third kappa shape index (κ3) is 2.29. The fourth-order valence-corrected chi connectivity index (χ4v) is 3.33. The van der Waals surface area contributed by atoms with Gasteiger partial charge in [0, 0.05) is 25.1 Å². The van der Waals surface area contributed by atoms with Crippen molar-refractivity contribution in [2.24, 2.45) is 5.41 Å². The highest BCUT2D eigenvalue weighted by Gasteiger charge is 2.58. The molecule has 1 saturated heterocycles. The fourth-order valence-electron chi connectivity index (χ4n) is 2.85. The molecule has 1 spiro atoms. The molecular formula is C13H23NO2S. The predicted octanol–water partition coefficient (Wildman–Crippen LogP) is 2.59. The Bertz CT molecular complexity index is 318. The van der Waals surface area contributed by atoms with Crippen LogP contribution in [0.2, 0.25) is 0 Å². The first kappa shape index (κ1) is 13.1. The molecule has 2 aliphatic rings. The van der Waals surface area contributed by atoms with Crippen molar-refractivity contribution in [3.8, 4) is 0 Å². The Morgan fingerprint density at radius 3 is 2.35 bits per heavy atom. The number of hydrogen-bond acceptors (Lipinski definition) is 3. The van der Waals surface area contributed by atoms with E-state index in [0.717, 1.165) is 6.54 Å². The second-order valence-corrected chi connectivity index (χ2v) is 6.76. The van der Waals surface area contributed by atoms with Crippen LogP contribution in [0.25, 0.3) is 0 Å². The van der Waals surface area contributed by atoms with Crippen molar-refractivity contribution in [1.82, 2.24) is 4.90 Å². The van der Waals surface area contributed by atoms with Gasteiger partial charge in [-0.3, -0.25) is 0 Å². The molecule has 1 saturated carbocycles. The smallest absolute Gasteiger partial charge is 0.260 e. The number of rotatable bonds is 1. The largest absolute Gasteiger partial charge is 0.465 e. The van der Waals surface area contributed by atoms with E-state index in [-0.39, 0.29) is 5.60 Å². The number of likely N-dealkylation sites (tertiary alicyclic amines) is 1. The van der Waals surface area contributed by atoms with Gasteiger partial charge in [0.1, 0.15) is 5.60 Å². The number of ether oxygens (including phenoxy) is 2. The minimum atomic E-state index is -0.200. The zero-order valence-corrected chi connectivity index (χ0v) is 12.3. The van der Waals surface area contributed by atoms with E-state index in [0.29, 0.717) is 22.7 Å². The predicted molar refractivity (Wildman–Crippen MR) is 72.1 cm³/mol. The lowest BCUT2D eigenvalue weighted by atomic mass is 9.57. The van der Waals surface area contributed by atoms with Crippen LogP contribution in [0, 0.1) is 5.41 Å². The summed E-state index contributed by atoms with van der Waals surface area (Å²) in [6.45, 7) is 9.37. The molecule has 0 aromatic carbocycles. The molecule has 1 aliphatic heterocycles. The van der Waals surface area contributed by atoms with Gasteiger partial charge in [-0.25, -0.2) is 0 Å². The number of thiocarbonyl (C=S) groups is 1. The lowest BCUT2D eigenvalue weighted by Crippen LogP contribution is -2.71. The Kier molecular flexibility index (Phi) is 3.15. The Morgan fingerprint density at radius 1 is 1.35 bits per heavy atom. The molecule has 3 nitrogen and oxygen atoms in total. The summed E-state index contributed by atoms with van der Waals surface area (Å²) in [5.74, 6) is 0. The second kappa shape index (κ2) is 4.09. The third-order valence-corrected chi connectivity index (χ3v) is 4.39. The van der Waals surface area contributed by atoms with E-state index in [4.69, 9.17) is 21.7 Å². The lowest BCUT2D eigenvalue weighted by Gasteiger charge is -2.63. The van der Waals surface area contributed by atoms with Crippen LogP contribution in [-0.2, 0) is 9.47 Å². The monoisotopic (exact) mass is 257 g/mol. The van der Waals surface area contributed by atoms with Crippen LogP contribution in [-0.4, -0.2) is 41.5 Å². The molecule has 17 heavy (non-hydrogen) atoms. The SMILES string of the molecule is COC1CC2(C1)CN(C(=S)OC(C)(C)C)[C@@H]2C. The summed E-state index contributed by atoms with van der Waals surface area (Å²) in [6, 6.07) is 0.490.